The summed E-state index contributed by atoms with van der Waals surface area (Å²) in [7, 11) is 0. The molecular formula is C30H21Br2ClN4O4. The van der Waals surface area contributed by atoms with Gasteiger partial charge in [0, 0.05) is 36.9 Å². The summed E-state index contributed by atoms with van der Waals surface area (Å²) in [6.45, 7) is 0. The molecule has 5 rings (SSSR count). The number of aromatic nitrogens is 3. The molecule has 41 heavy (non-hydrogen) atoms. The van der Waals surface area contributed by atoms with Crippen molar-refractivity contribution in [2.24, 2.45) is 0 Å². The number of carbonyl (C=O) groups is 3. The summed E-state index contributed by atoms with van der Waals surface area (Å²) < 4.78 is 2.85. The monoisotopic (exact) mass is 694 g/mol. The predicted molar refractivity (Wildman–Crippen MR) is 164 cm³/mol. The number of alkyl halides is 1. The standard InChI is InChI=1S/C17H11BrClN3O3.C13H10BrNO/c18-11-6-7-13(22-14(9-19)20-16(21-22)17(24)25)12(8-11)15(23)10-4-2-1-3-5-10;14-10-6-7-12(15)11(8-10)13(16)9-4-2-1-3-5-9/h1-8H,9H2,(H,24,25);1-8H,15H2. The van der Waals surface area contributed by atoms with E-state index in [2.05, 4.69) is 41.9 Å². The summed E-state index contributed by atoms with van der Waals surface area (Å²) >= 11 is 12.6. The van der Waals surface area contributed by atoms with E-state index in [-0.39, 0.29) is 29.1 Å². The van der Waals surface area contributed by atoms with Gasteiger partial charge in [-0.05, 0) is 36.4 Å². The number of rotatable bonds is 7. The third-order valence-corrected chi connectivity index (χ3v) is 6.97. The number of hydrogen-bond donors (Lipinski definition) is 2. The summed E-state index contributed by atoms with van der Waals surface area (Å²) in [5.74, 6) is -1.72. The van der Waals surface area contributed by atoms with Gasteiger partial charge in [-0.15, -0.1) is 16.7 Å². The first kappa shape index (κ1) is 29.9. The first-order valence-corrected chi connectivity index (χ1v) is 14.1. The predicted octanol–water partition coefficient (Wildman–Crippen LogP) is 6.96. The summed E-state index contributed by atoms with van der Waals surface area (Å²) in [6.07, 6.45) is 0. The maximum atomic E-state index is 12.9. The van der Waals surface area contributed by atoms with Gasteiger partial charge in [0.1, 0.15) is 5.82 Å². The number of carbonyl (C=O) groups excluding carboxylic acids is 2. The van der Waals surface area contributed by atoms with Gasteiger partial charge in [-0.2, -0.15) is 0 Å². The van der Waals surface area contributed by atoms with Crippen molar-refractivity contribution in [2.45, 2.75) is 5.88 Å². The molecule has 0 fully saturated rings. The lowest BCUT2D eigenvalue weighted by atomic mass is 10.0. The Labute approximate surface area is 257 Å². The smallest absolute Gasteiger partial charge is 0.375 e. The lowest BCUT2D eigenvalue weighted by Crippen LogP contribution is -2.11. The summed E-state index contributed by atoms with van der Waals surface area (Å²) in [5, 5.41) is 13.1. The molecule has 0 unspecified atom stereocenters. The zero-order chi connectivity index (χ0) is 29.5. The van der Waals surface area contributed by atoms with Crippen molar-refractivity contribution in [3.8, 4) is 5.69 Å². The molecule has 4 aromatic carbocycles. The molecule has 0 aliphatic heterocycles. The second-order valence-corrected chi connectivity index (χ2v) is 10.6. The Hall–Kier alpha value is -4.12. The van der Waals surface area contributed by atoms with Crippen molar-refractivity contribution in [3.63, 3.8) is 0 Å². The number of ketones is 2. The number of carboxylic acids is 1. The first-order chi connectivity index (χ1) is 19.7. The van der Waals surface area contributed by atoms with Crippen LogP contribution in [-0.2, 0) is 5.88 Å². The van der Waals surface area contributed by atoms with Gasteiger partial charge >= 0.3 is 5.97 Å². The van der Waals surface area contributed by atoms with Gasteiger partial charge in [-0.1, -0.05) is 92.5 Å². The molecule has 3 N–H and O–H groups in total. The molecule has 0 radical (unpaired) electrons. The molecule has 206 valence electrons. The fraction of sp³-hybridized carbons (Fsp3) is 0.0333. The van der Waals surface area contributed by atoms with Crippen LogP contribution in [0.25, 0.3) is 5.69 Å². The molecule has 0 spiro atoms. The molecule has 0 amide bonds. The van der Waals surface area contributed by atoms with E-state index in [4.69, 9.17) is 22.4 Å². The van der Waals surface area contributed by atoms with Crippen molar-refractivity contribution < 1.29 is 19.5 Å². The Morgan fingerprint density at radius 3 is 1.83 bits per heavy atom. The van der Waals surface area contributed by atoms with Crippen molar-refractivity contribution in [3.05, 3.63) is 140 Å². The number of nitrogens with two attached hydrogens (primary N) is 1. The number of benzene rings is 4. The number of aromatic carboxylic acids is 1. The topological polar surface area (TPSA) is 128 Å². The average molecular weight is 697 g/mol. The van der Waals surface area contributed by atoms with Crippen molar-refractivity contribution in [1.29, 1.82) is 0 Å². The lowest BCUT2D eigenvalue weighted by molar-refractivity contribution is 0.0683. The number of nitrogen functional groups attached to an aromatic ring is 1. The quantitative estimate of drug-likeness (QED) is 0.107. The van der Waals surface area contributed by atoms with Gasteiger partial charge in [0.25, 0.3) is 5.82 Å². The van der Waals surface area contributed by atoms with Gasteiger partial charge in [-0.25, -0.2) is 14.5 Å². The minimum Gasteiger partial charge on any atom is -0.475 e. The molecule has 0 atom stereocenters. The van der Waals surface area contributed by atoms with Crippen LogP contribution in [0.1, 0.15) is 48.3 Å². The number of halogens is 3. The maximum Gasteiger partial charge on any atom is 0.375 e. The van der Waals surface area contributed by atoms with Crippen LogP contribution >= 0.6 is 43.5 Å². The zero-order valence-corrected chi connectivity index (χ0v) is 25.1. The van der Waals surface area contributed by atoms with E-state index in [9.17, 15) is 14.4 Å². The fourth-order valence-corrected chi connectivity index (χ4v) is 4.70. The summed E-state index contributed by atoms with van der Waals surface area (Å²) in [4.78, 5) is 40.1. The van der Waals surface area contributed by atoms with E-state index in [0.29, 0.717) is 38.1 Å². The van der Waals surface area contributed by atoms with E-state index >= 15 is 0 Å². The number of nitrogens with zero attached hydrogens (tertiary/aromatic N) is 3. The molecule has 5 aromatic rings. The largest absolute Gasteiger partial charge is 0.475 e. The van der Waals surface area contributed by atoms with Crippen molar-refractivity contribution in [1.82, 2.24) is 14.8 Å². The average Bonchev–Trinajstić information content (AvgIpc) is 3.44. The lowest BCUT2D eigenvalue weighted by Gasteiger charge is -2.11. The third-order valence-electron chi connectivity index (χ3n) is 5.75. The maximum absolute atomic E-state index is 12.9. The minimum absolute atomic E-state index is 0.0463. The van der Waals surface area contributed by atoms with Gasteiger partial charge in [-0.3, -0.25) is 9.59 Å². The Kier molecular flexibility index (Phi) is 9.82. The number of anilines is 1. The van der Waals surface area contributed by atoms with Crippen LogP contribution in [0.3, 0.4) is 0 Å². The summed E-state index contributed by atoms with van der Waals surface area (Å²) in [5.41, 5.74) is 8.73. The van der Waals surface area contributed by atoms with Crippen LogP contribution in [0.5, 0.6) is 0 Å². The molecule has 1 heterocycles. The minimum atomic E-state index is -1.27. The van der Waals surface area contributed by atoms with Crippen molar-refractivity contribution in [2.75, 3.05) is 5.73 Å². The van der Waals surface area contributed by atoms with Gasteiger partial charge < -0.3 is 10.8 Å². The van der Waals surface area contributed by atoms with E-state index in [1.54, 1.807) is 66.7 Å². The van der Waals surface area contributed by atoms with Gasteiger partial charge in [0.05, 0.1) is 11.6 Å². The highest BCUT2D eigenvalue weighted by Crippen LogP contribution is 2.25. The fourth-order valence-electron chi connectivity index (χ4n) is 3.80. The van der Waals surface area contributed by atoms with E-state index in [0.717, 1.165) is 4.47 Å². The Bertz CT molecular complexity index is 1730. The Balaban J connectivity index is 0.000000208. The third kappa shape index (κ3) is 7.15. The molecule has 8 nitrogen and oxygen atoms in total. The highest BCUT2D eigenvalue weighted by molar-refractivity contribution is 9.10. The Morgan fingerprint density at radius 1 is 0.780 bits per heavy atom. The van der Waals surface area contributed by atoms with E-state index in [1.165, 1.54) is 4.68 Å². The number of carboxylic acid groups (broad SMARTS) is 1. The molecule has 0 saturated heterocycles. The molecule has 1 aromatic heterocycles. The van der Waals surface area contributed by atoms with Crippen LogP contribution in [0.15, 0.2) is 106 Å². The van der Waals surface area contributed by atoms with Crippen LogP contribution in [0, 0.1) is 0 Å². The van der Waals surface area contributed by atoms with Gasteiger partial charge in [0.2, 0.25) is 0 Å². The highest BCUT2D eigenvalue weighted by atomic mass is 79.9. The summed E-state index contributed by atoms with van der Waals surface area (Å²) in [6, 6.07) is 28.2. The SMILES string of the molecule is Nc1ccc(Br)cc1C(=O)c1ccccc1.O=C(O)c1nc(CCl)n(-c2ccc(Br)cc2C(=O)c2ccccc2)n1. The highest BCUT2D eigenvalue weighted by Gasteiger charge is 2.21. The zero-order valence-electron chi connectivity index (χ0n) is 21.2. The molecule has 0 saturated carbocycles. The van der Waals surface area contributed by atoms with Crippen LogP contribution in [0.4, 0.5) is 5.69 Å². The molecule has 0 bridgehead atoms. The first-order valence-electron chi connectivity index (χ1n) is 12.0. The molecular weight excluding hydrogens is 676 g/mol. The normalized spacial score (nSPS) is 10.4. The number of hydrogen-bond acceptors (Lipinski definition) is 6. The second kappa shape index (κ2) is 13.5. The molecule has 0 aliphatic carbocycles. The van der Waals surface area contributed by atoms with Crippen LogP contribution in [-0.4, -0.2) is 37.4 Å². The van der Waals surface area contributed by atoms with E-state index < -0.39 is 5.97 Å². The van der Waals surface area contributed by atoms with Crippen LogP contribution in [0.2, 0.25) is 0 Å². The van der Waals surface area contributed by atoms with Gasteiger partial charge in [0.15, 0.2) is 11.6 Å². The van der Waals surface area contributed by atoms with Crippen molar-refractivity contribution >= 4 is 66.7 Å². The van der Waals surface area contributed by atoms with Crippen LogP contribution < -0.4 is 5.73 Å². The molecule has 11 heteroatoms. The Morgan fingerprint density at radius 2 is 1.29 bits per heavy atom. The van der Waals surface area contributed by atoms with E-state index in [1.807, 2.05) is 30.3 Å². The molecule has 0 aliphatic rings. The second-order valence-electron chi connectivity index (χ2n) is 8.49.